The van der Waals surface area contributed by atoms with Crippen molar-refractivity contribution < 1.29 is 18.3 Å². The van der Waals surface area contributed by atoms with Gasteiger partial charge in [0.2, 0.25) is 10.0 Å². The molecule has 0 bridgehead atoms. The third kappa shape index (κ3) is 3.43. The van der Waals surface area contributed by atoms with Gasteiger partial charge in [-0.2, -0.15) is 9.82 Å². The first-order valence-electron chi connectivity index (χ1n) is 7.12. The summed E-state index contributed by atoms with van der Waals surface area (Å²) in [5, 5.41) is 13.5. The first-order chi connectivity index (χ1) is 10.8. The third-order valence-electron chi connectivity index (χ3n) is 3.54. The zero-order valence-electron chi connectivity index (χ0n) is 13.1. The molecule has 0 unspecified atom stereocenters. The van der Waals surface area contributed by atoms with E-state index in [-0.39, 0.29) is 4.90 Å². The van der Waals surface area contributed by atoms with Crippen molar-refractivity contribution in [1.29, 1.82) is 0 Å². The van der Waals surface area contributed by atoms with Gasteiger partial charge in [-0.15, -0.1) is 0 Å². The fourth-order valence-electron chi connectivity index (χ4n) is 2.50. The number of benzene rings is 1. The molecule has 1 heterocycles. The van der Waals surface area contributed by atoms with Gasteiger partial charge in [-0.05, 0) is 26.3 Å². The number of carboxylic acids is 1. The number of aryl methyl sites for hydroxylation is 2. The zero-order valence-corrected chi connectivity index (χ0v) is 14.0. The van der Waals surface area contributed by atoms with E-state index in [1.54, 1.807) is 48.9 Å². The van der Waals surface area contributed by atoms with Crippen molar-refractivity contribution in [2.75, 3.05) is 0 Å². The Morgan fingerprint density at radius 1 is 1.30 bits per heavy atom. The highest BCUT2D eigenvalue weighted by molar-refractivity contribution is 7.89. The quantitative estimate of drug-likeness (QED) is 0.834. The van der Waals surface area contributed by atoms with Gasteiger partial charge in [0.25, 0.3) is 0 Å². The molecule has 1 aromatic heterocycles. The molecule has 0 saturated carbocycles. The standard InChI is InChI=1S/C15H19N3O4S/c1-4-18-11(3)14(10(2)16-18)23(21,22)17-13(15(19)20)12-8-6-5-7-9-12/h5-9,13,17H,4H2,1-3H3,(H,19,20)/t13-/m0/s1. The molecule has 0 radical (unpaired) electrons. The Kier molecular flexibility index (Phi) is 4.86. The molecular formula is C15H19N3O4S. The molecule has 8 heteroatoms. The van der Waals surface area contributed by atoms with E-state index in [4.69, 9.17) is 0 Å². The van der Waals surface area contributed by atoms with Gasteiger partial charge in [0, 0.05) is 6.54 Å². The maximum absolute atomic E-state index is 12.7. The van der Waals surface area contributed by atoms with Gasteiger partial charge >= 0.3 is 5.97 Å². The van der Waals surface area contributed by atoms with E-state index in [2.05, 4.69) is 9.82 Å². The molecule has 0 aliphatic heterocycles. The Morgan fingerprint density at radius 2 is 1.91 bits per heavy atom. The van der Waals surface area contributed by atoms with Gasteiger partial charge in [0.15, 0.2) is 0 Å². The smallest absolute Gasteiger partial charge is 0.326 e. The minimum atomic E-state index is -4.02. The van der Waals surface area contributed by atoms with Crippen LogP contribution in [0.5, 0.6) is 0 Å². The lowest BCUT2D eigenvalue weighted by Gasteiger charge is -2.15. The van der Waals surface area contributed by atoms with Crippen LogP contribution < -0.4 is 4.72 Å². The molecule has 2 aromatic rings. The number of carboxylic acid groups (broad SMARTS) is 1. The summed E-state index contributed by atoms with van der Waals surface area (Å²) in [4.78, 5) is 11.5. The molecule has 0 aliphatic carbocycles. The van der Waals surface area contributed by atoms with Crippen molar-refractivity contribution in [2.45, 2.75) is 38.3 Å². The van der Waals surface area contributed by atoms with Gasteiger partial charge in [0.1, 0.15) is 10.9 Å². The molecular weight excluding hydrogens is 318 g/mol. The lowest BCUT2D eigenvalue weighted by molar-refractivity contribution is -0.139. The van der Waals surface area contributed by atoms with Gasteiger partial charge in [-0.25, -0.2) is 8.42 Å². The van der Waals surface area contributed by atoms with Crippen LogP contribution in [0, 0.1) is 13.8 Å². The van der Waals surface area contributed by atoms with Crippen LogP contribution in [0.2, 0.25) is 0 Å². The van der Waals surface area contributed by atoms with Gasteiger partial charge in [-0.1, -0.05) is 30.3 Å². The lowest BCUT2D eigenvalue weighted by Crippen LogP contribution is -2.34. The summed E-state index contributed by atoms with van der Waals surface area (Å²) in [6.45, 7) is 5.62. The lowest BCUT2D eigenvalue weighted by atomic mass is 10.1. The minimum Gasteiger partial charge on any atom is -0.480 e. The number of hydrogen-bond acceptors (Lipinski definition) is 4. The Balaban J connectivity index is 2.44. The minimum absolute atomic E-state index is 0.0292. The number of carbonyl (C=O) groups is 1. The summed E-state index contributed by atoms with van der Waals surface area (Å²) in [6.07, 6.45) is 0. The number of nitrogens with one attached hydrogen (secondary N) is 1. The van der Waals surface area contributed by atoms with E-state index in [0.29, 0.717) is 23.5 Å². The average Bonchev–Trinajstić information content (AvgIpc) is 2.80. The van der Waals surface area contributed by atoms with Crippen LogP contribution >= 0.6 is 0 Å². The zero-order chi connectivity index (χ0) is 17.2. The van der Waals surface area contributed by atoms with Crippen LogP contribution in [0.3, 0.4) is 0 Å². The summed E-state index contributed by atoms with van der Waals surface area (Å²) in [6, 6.07) is 6.82. The van der Waals surface area contributed by atoms with Crippen LogP contribution in [0.1, 0.15) is 29.9 Å². The fraction of sp³-hybridized carbons (Fsp3) is 0.333. The van der Waals surface area contributed by atoms with Crippen LogP contribution in [-0.2, 0) is 21.4 Å². The van der Waals surface area contributed by atoms with Crippen LogP contribution in [0.15, 0.2) is 35.2 Å². The molecule has 0 amide bonds. The normalized spacial score (nSPS) is 13.0. The number of rotatable bonds is 6. The maximum Gasteiger partial charge on any atom is 0.326 e. The Morgan fingerprint density at radius 3 is 2.39 bits per heavy atom. The largest absolute Gasteiger partial charge is 0.480 e. The summed E-state index contributed by atoms with van der Waals surface area (Å²) in [7, 11) is -4.02. The first-order valence-corrected chi connectivity index (χ1v) is 8.60. The van der Waals surface area contributed by atoms with E-state index in [0.717, 1.165) is 0 Å². The van der Waals surface area contributed by atoms with Crippen molar-refractivity contribution in [1.82, 2.24) is 14.5 Å². The predicted octanol–water partition coefficient (Wildman–Crippen LogP) is 1.62. The van der Waals surface area contributed by atoms with E-state index < -0.39 is 22.0 Å². The molecule has 1 aromatic carbocycles. The van der Waals surface area contributed by atoms with Crippen LogP contribution in [-0.4, -0.2) is 29.3 Å². The van der Waals surface area contributed by atoms with Crippen LogP contribution in [0.4, 0.5) is 0 Å². The monoisotopic (exact) mass is 337 g/mol. The van der Waals surface area contributed by atoms with Gasteiger partial charge < -0.3 is 5.11 Å². The highest BCUT2D eigenvalue weighted by atomic mass is 32.2. The van der Waals surface area contributed by atoms with E-state index >= 15 is 0 Å². The molecule has 0 fully saturated rings. The predicted molar refractivity (Wildman–Crippen MR) is 84.5 cm³/mol. The van der Waals surface area contributed by atoms with Gasteiger partial charge in [0.05, 0.1) is 11.4 Å². The molecule has 0 spiro atoms. The summed E-state index contributed by atoms with van der Waals surface area (Å²) >= 11 is 0. The number of nitrogens with zero attached hydrogens (tertiary/aromatic N) is 2. The van der Waals surface area contributed by atoms with E-state index in [1.807, 2.05) is 6.92 Å². The van der Waals surface area contributed by atoms with Gasteiger partial charge in [-0.3, -0.25) is 9.48 Å². The second kappa shape index (κ2) is 6.51. The highest BCUT2D eigenvalue weighted by Crippen LogP contribution is 2.22. The second-order valence-electron chi connectivity index (χ2n) is 5.12. The Hall–Kier alpha value is -2.19. The number of hydrogen-bond donors (Lipinski definition) is 2. The average molecular weight is 337 g/mol. The first kappa shape index (κ1) is 17.2. The molecule has 2 rings (SSSR count). The SMILES string of the molecule is CCn1nc(C)c(S(=O)(=O)N[C@H](C(=O)O)c2ccccc2)c1C. The number of sulfonamides is 1. The number of aromatic nitrogens is 2. The molecule has 2 N–H and O–H groups in total. The Bertz CT molecular complexity index is 813. The van der Waals surface area contributed by atoms with E-state index in [1.165, 1.54) is 0 Å². The Labute approximate surface area is 135 Å². The van der Waals surface area contributed by atoms with Crippen LogP contribution in [0.25, 0.3) is 0 Å². The van der Waals surface area contributed by atoms with Crippen molar-refractivity contribution in [3.05, 3.63) is 47.3 Å². The topological polar surface area (TPSA) is 101 Å². The molecule has 0 aliphatic rings. The summed E-state index contributed by atoms with van der Waals surface area (Å²) in [5.41, 5.74) is 1.19. The fourth-order valence-corrected chi connectivity index (χ4v) is 4.09. The highest BCUT2D eigenvalue weighted by Gasteiger charge is 2.30. The number of aliphatic carboxylic acids is 1. The molecule has 7 nitrogen and oxygen atoms in total. The third-order valence-corrected chi connectivity index (χ3v) is 5.21. The van der Waals surface area contributed by atoms with Crippen molar-refractivity contribution in [3.8, 4) is 0 Å². The summed E-state index contributed by atoms with van der Waals surface area (Å²) in [5.74, 6) is -1.27. The molecule has 23 heavy (non-hydrogen) atoms. The molecule has 124 valence electrons. The molecule has 1 atom stereocenters. The van der Waals surface area contributed by atoms with Crippen molar-refractivity contribution in [2.24, 2.45) is 0 Å². The molecule has 0 saturated heterocycles. The second-order valence-corrected chi connectivity index (χ2v) is 6.77. The maximum atomic E-state index is 12.7. The van der Waals surface area contributed by atoms with Crippen molar-refractivity contribution in [3.63, 3.8) is 0 Å². The summed E-state index contributed by atoms with van der Waals surface area (Å²) < 4.78 is 29.2. The van der Waals surface area contributed by atoms with E-state index in [9.17, 15) is 18.3 Å². The van der Waals surface area contributed by atoms with Crippen molar-refractivity contribution >= 4 is 16.0 Å².